The van der Waals surface area contributed by atoms with Crippen molar-refractivity contribution in [2.45, 2.75) is 25.3 Å². The van der Waals surface area contributed by atoms with E-state index in [0.717, 1.165) is 18.5 Å². The number of rotatable bonds is 7. The Morgan fingerprint density at radius 3 is 2.73 bits per heavy atom. The highest BCUT2D eigenvalue weighted by atomic mass is 32.2. The molecule has 1 atom stereocenters. The quantitative estimate of drug-likeness (QED) is 0.725. The molecule has 1 aromatic heterocycles. The first-order valence-corrected chi connectivity index (χ1v) is 10.6. The summed E-state index contributed by atoms with van der Waals surface area (Å²) in [6, 6.07) is 13.4. The summed E-state index contributed by atoms with van der Waals surface area (Å²) in [5.41, 5.74) is 2.30. The zero-order valence-electron chi connectivity index (χ0n) is 14.5. The number of sulfone groups is 1. The summed E-state index contributed by atoms with van der Waals surface area (Å²) in [4.78, 5) is 16.4. The summed E-state index contributed by atoms with van der Waals surface area (Å²) in [6.07, 6.45) is 3.91. The smallest absolute Gasteiger partial charge is 0.269 e. The molecule has 7 heteroatoms. The molecule has 6 nitrogen and oxygen atoms in total. The van der Waals surface area contributed by atoms with Gasteiger partial charge in [-0.25, -0.2) is 8.42 Å². The Bertz CT molecular complexity index is 853. The van der Waals surface area contributed by atoms with Crippen LogP contribution in [0.3, 0.4) is 0 Å². The Morgan fingerprint density at radius 2 is 2.00 bits per heavy atom. The molecule has 26 heavy (non-hydrogen) atoms. The molecule has 0 radical (unpaired) electrons. The largest absolute Gasteiger partial charge is 0.381 e. The third-order valence-electron chi connectivity index (χ3n) is 4.37. The molecule has 0 bridgehead atoms. The number of carbonyl (C=O) groups excluding carboxylic acids is 1. The first-order valence-electron chi connectivity index (χ1n) is 8.77. The lowest BCUT2D eigenvalue weighted by Crippen LogP contribution is -2.26. The number of aryl methyl sites for hydroxylation is 1. The Labute approximate surface area is 154 Å². The number of nitrogens with one attached hydrogen (secondary N) is 2. The summed E-state index contributed by atoms with van der Waals surface area (Å²) in [5, 5.41) is 6.06. The van der Waals surface area contributed by atoms with Gasteiger partial charge in [0, 0.05) is 24.5 Å². The second-order valence-corrected chi connectivity index (χ2v) is 8.75. The summed E-state index contributed by atoms with van der Waals surface area (Å²) < 4.78 is 23.1. The molecule has 1 amide bonds. The molecule has 1 fully saturated rings. The topological polar surface area (TPSA) is 88.2 Å². The van der Waals surface area contributed by atoms with Crippen LogP contribution in [0.5, 0.6) is 0 Å². The van der Waals surface area contributed by atoms with Gasteiger partial charge in [-0.2, -0.15) is 0 Å². The van der Waals surface area contributed by atoms with E-state index in [0.29, 0.717) is 18.7 Å². The number of benzene rings is 1. The summed E-state index contributed by atoms with van der Waals surface area (Å²) in [6.45, 7) is 0.577. The van der Waals surface area contributed by atoms with E-state index in [4.69, 9.17) is 0 Å². The minimum atomic E-state index is -2.94. The second kappa shape index (κ2) is 8.31. The van der Waals surface area contributed by atoms with E-state index < -0.39 is 9.84 Å². The number of aromatic nitrogens is 1. The van der Waals surface area contributed by atoms with E-state index in [1.165, 1.54) is 5.56 Å². The maximum atomic E-state index is 12.3. The molecule has 1 unspecified atom stereocenters. The molecular weight excluding hydrogens is 350 g/mol. The van der Waals surface area contributed by atoms with Crippen LogP contribution in [0.25, 0.3) is 0 Å². The minimum absolute atomic E-state index is 0.107. The van der Waals surface area contributed by atoms with Crippen LogP contribution in [-0.4, -0.2) is 43.4 Å². The molecule has 1 saturated heterocycles. The van der Waals surface area contributed by atoms with E-state index in [9.17, 15) is 13.2 Å². The number of hydrogen-bond donors (Lipinski definition) is 2. The third-order valence-corrected chi connectivity index (χ3v) is 6.13. The number of hydrogen-bond acceptors (Lipinski definition) is 5. The van der Waals surface area contributed by atoms with Gasteiger partial charge in [-0.05, 0) is 37.0 Å². The first kappa shape index (κ1) is 18.4. The van der Waals surface area contributed by atoms with Crippen LogP contribution in [-0.2, 0) is 16.3 Å². The highest BCUT2D eigenvalue weighted by molar-refractivity contribution is 7.91. The standard InChI is InChI=1S/C19H23N3O3S/c23-19(21-10-4-7-15-5-2-1-3-6-15)18-13-16(8-11-20-18)22-17-9-12-26(24,25)14-17/h1-3,5-6,8,11,13,17H,4,7,9-10,12,14H2,(H,20,22)(H,21,23). The van der Waals surface area contributed by atoms with Gasteiger partial charge in [-0.15, -0.1) is 0 Å². The van der Waals surface area contributed by atoms with Gasteiger partial charge in [0.2, 0.25) is 0 Å². The van der Waals surface area contributed by atoms with Crippen molar-refractivity contribution in [3.63, 3.8) is 0 Å². The lowest BCUT2D eigenvalue weighted by molar-refractivity contribution is 0.0948. The summed E-state index contributed by atoms with van der Waals surface area (Å²) in [5.74, 6) is 0.127. The van der Waals surface area contributed by atoms with Gasteiger partial charge < -0.3 is 10.6 Å². The lowest BCUT2D eigenvalue weighted by Gasteiger charge is -2.13. The fraction of sp³-hybridized carbons (Fsp3) is 0.368. The Hall–Kier alpha value is -2.41. The molecule has 0 aliphatic carbocycles. The highest BCUT2D eigenvalue weighted by Crippen LogP contribution is 2.17. The second-order valence-electron chi connectivity index (χ2n) is 6.52. The number of carbonyl (C=O) groups is 1. The number of amides is 1. The van der Waals surface area contributed by atoms with Crippen LogP contribution in [0.2, 0.25) is 0 Å². The van der Waals surface area contributed by atoms with E-state index in [1.807, 2.05) is 18.2 Å². The van der Waals surface area contributed by atoms with Crippen LogP contribution in [0.15, 0.2) is 48.7 Å². The lowest BCUT2D eigenvalue weighted by atomic mass is 10.1. The molecule has 2 heterocycles. The van der Waals surface area contributed by atoms with Crippen molar-refractivity contribution in [3.8, 4) is 0 Å². The molecule has 138 valence electrons. The van der Waals surface area contributed by atoms with Crippen molar-refractivity contribution < 1.29 is 13.2 Å². The molecule has 1 aromatic carbocycles. The normalized spacial score (nSPS) is 18.4. The third kappa shape index (κ3) is 5.29. The van der Waals surface area contributed by atoms with Crippen LogP contribution in [0.4, 0.5) is 5.69 Å². The monoisotopic (exact) mass is 373 g/mol. The van der Waals surface area contributed by atoms with Gasteiger partial charge in [0.05, 0.1) is 11.5 Å². The predicted molar refractivity (Wildman–Crippen MR) is 102 cm³/mol. The molecule has 0 saturated carbocycles. The minimum Gasteiger partial charge on any atom is -0.381 e. The van der Waals surface area contributed by atoms with Gasteiger partial charge >= 0.3 is 0 Å². The molecular formula is C19H23N3O3S. The molecule has 2 N–H and O–H groups in total. The fourth-order valence-corrected chi connectivity index (χ4v) is 4.69. The Morgan fingerprint density at radius 1 is 1.19 bits per heavy atom. The van der Waals surface area contributed by atoms with Crippen molar-refractivity contribution >= 4 is 21.4 Å². The van der Waals surface area contributed by atoms with E-state index in [1.54, 1.807) is 18.3 Å². The van der Waals surface area contributed by atoms with Crippen molar-refractivity contribution in [3.05, 3.63) is 59.9 Å². The van der Waals surface area contributed by atoms with Gasteiger partial charge in [-0.3, -0.25) is 9.78 Å². The maximum Gasteiger partial charge on any atom is 0.269 e. The van der Waals surface area contributed by atoms with Crippen LogP contribution >= 0.6 is 0 Å². The highest BCUT2D eigenvalue weighted by Gasteiger charge is 2.27. The predicted octanol–water partition coefficient (Wildman–Crippen LogP) is 2.04. The van der Waals surface area contributed by atoms with Gasteiger partial charge in [-0.1, -0.05) is 30.3 Å². The van der Waals surface area contributed by atoms with E-state index in [-0.39, 0.29) is 23.5 Å². The molecule has 2 aromatic rings. The first-order chi connectivity index (χ1) is 12.5. The fourth-order valence-electron chi connectivity index (χ4n) is 3.02. The van der Waals surface area contributed by atoms with E-state index in [2.05, 4.69) is 27.8 Å². The summed E-state index contributed by atoms with van der Waals surface area (Å²) >= 11 is 0. The van der Waals surface area contributed by atoms with Gasteiger partial charge in [0.25, 0.3) is 5.91 Å². The number of nitrogens with zero attached hydrogens (tertiary/aromatic N) is 1. The zero-order valence-corrected chi connectivity index (χ0v) is 15.3. The van der Waals surface area contributed by atoms with Crippen LogP contribution < -0.4 is 10.6 Å². The van der Waals surface area contributed by atoms with Crippen molar-refractivity contribution in [2.75, 3.05) is 23.4 Å². The Balaban J connectivity index is 1.48. The average Bonchev–Trinajstić information content (AvgIpc) is 2.98. The molecule has 3 rings (SSSR count). The van der Waals surface area contributed by atoms with Crippen molar-refractivity contribution in [1.29, 1.82) is 0 Å². The van der Waals surface area contributed by atoms with Gasteiger partial charge in [0.15, 0.2) is 9.84 Å². The Kier molecular flexibility index (Phi) is 5.88. The zero-order chi connectivity index (χ0) is 18.4. The summed E-state index contributed by atoms with van der Waals surface area (Å²) in [7, 11) is -2.94. The maximum absolute atomic E-state index is 12.3. The number of anilines is 1. The van der Waals surface area contributed by atoms with E-state index >= 15 is 0 Å². The van der Waals surface area contributed by atoms with Crippen molar-refractivity contribution in [2.24, 2.45) is 0 Å². The average molecular weight is 373 g/mol. The molecule has 1 aliphatic rings. The van der Waals surface area contributed by atoms with Gasteiger partial charge in [0.1, 0.15) is 5.69 Å². The van der Waals surface area contributed by atoms with Crippen LogP contribution in [0, 0.1) is 0 Å². The molecule has 0 spiro atoms. The molecule has 1 aliphatic heterocycles. The van der Waals surface area contributed by atoms with Crippen molar-refractivity contribution in [1.82, 2.24) is 10.3 Å². The number of pyridine rings is 1. The van der Waals surface area contributed by atoms with Crippen LogP contribution in [0.1, 0.15) is 28.9 Å². The SMILES string of the molecule is O=C(NCCCc1ccccc1)c1cc(NC2CCS(=O)(=O)C2)ccn1.